The van der Waals surface area contributed by atoms with Crippen LogP contribution in [0.2, 0.25) is 5.02 Å². The molecular weight excluding hydrogens is 242 g/mol. The quantitative estimate of drug-likeness (QED) is 0.814. The number of carboxylic acids is 1. The van der Waals surface area contributed by atoms with Gasteiger partial charge >= 0.3 is 5.97 Å². The third kappa shape index (κ3) is 3.89. The molecule has 17 heavy (non-hydrogen) atoms. The fraction of sp³-hybridized carbons (Fsp3) is 0.250. The predicted molar refractivity (Wildman–Crippen MR) is 66.7 cm³/mol. The lowest BCUT2D eigenvalue weighted by Gasteiger charge is -2.20. The summed E-state index contributed by atoms with van der Waals surface area (Å²) in [7, 11) is 1.64. The maximum absolute atomic E-state index is 10.6. The molecule has 0 radical (unpaired) electrons. The lowest BCUT2D eigenvalue weighted by Crippen LogP contribution is -2.25. The average Bonchev–Trinajstić information content (AvgIpc) is 2.26. The lowest BCUT2D eigenvalue weighted by atomic mass is 10.2. The highest BCUT2D eigenvalue weighted by molar-refractivity contribution is 6.30. The molecule has 1 aromatic carbocycles. The summed E-state index contributed by atoms with van der Waals surface area (Å²) in [5.74, 6) is 1.92. The second-order valence-corrected chi connectivity index (χ2v) is 3.79. The summed E-state index contributed by atoms with van der Waals surface area (Å²) >= 11 is 5.86. The highest BCUT2D eigenvalue weighted by Gasteiger charge is 2.12. The zero-order valence-corrected chi connectivity index (χ0v) is 10.1. The van der Waals surface area contributed by atoms with Gasteiger partial charge in [-0.1, -0.05) is 17.5 Å². The van der Waals surface area contributed by atoms with E-state index >= 15 is 0 Å². The van der Waals surface area contributed by atoms with Crippen LogP contribution in [0.15, 0.2) is 18.2 Å². The van der Waals surface area contributed by atoms with Crippen molar-refractivity contribution in [3.05, 3.63) is 23.2 Å². The van der Waals surface area contributed by atoms with Crippen molar-refractivity contribution >= 4 is 23.3 Å². The summed E-state index contributed by atoms with van der Waals surface area (Å²) in [6, 6.07) is 4.95. The summed E-state index contributed by atoms with van der Waals surface area (Å²) in [6.45, 7) is -0.0255. The molecule has 0 aromatic heterocycles. The molecule has 4 nitrogen and oxygen atoms in total. The Morgan fingerprint density at radius 1 is 1.65 bits per heavy atom. The SMILES string of the molecule is C#CCOc1ccc(Cl)cc1N(C)CC(=O)O. The minimum Gasteiger partial charge on any atom is -0.480 e. The van der Waals surface area contributed by atoms with E-state index in [4.69, 9.17) is 27.9 Å². The Balaban J connectivity index is 2.97. The summed E-state index contributed by atoms with van der Waals surface area (Å²) < 4.78 is 5.31. The van der Waals surface area contributed by atoms with Crippen LogP contribution in [0.1, 0.15) is 0 Å². The number of hydrogen-bond acceptors (Lipinski definition) is 3. The smallest absolute Gasteiger partial charge is 0.323 e. The maximum Gasteiger partial charge on any atom is 0.323 e. The van der Waals surface area contributed by atoms with Crippen LogP contribution in [-0.2, 0) is 4.79 Å². The van der Waals surface area contributed by atoms with E-state index in [1.165, 1.54) is 4.90 Å². The van der Waals surface area contributed by atoms with Crippen molar-refractivity contribution in [3.8, 4) is 18.1 Å². The molecule has 0 aliphatic carbocycles. The van der Waals surface area contributed by atoms with Gasteiger partial charge < -0.3 is 14.7 Å². The molecule has 0 bridgehead atoms. The van der Waals surface area contributed by atoms with Gasteiger partial charge in [-0.15, -0.1) is 6.42 Å². The van der Waals surface area contributed by atoms with Crippen molar-refractivity contribution in [2.24, 2.45) is 0 Å². The fourth-order valence-electron chi connectivity index (χ4n) is 1.32. The van der Waals surface area contributed by atoms with Gasteiger partial charge in [0, 0.05) is 12.1 Å². The average molecular weight is 254 g/mol. The first-order valence-electron chi connectivity index (χ1n) is 4.83. The van der Waals surface area contributed by atoms with Crippen LogP contribution in [-0.4, -0.2) is 31.3 Å². The number of likely N-dealkylation sites (N-methyl/N-ethyl adjacent to an activating group) is 1. The van der Waals surface area contributed by atoms with E-state index < -0.39 is 5.97 Å². The number of carboxylic acid groups (broad SMARTS) is 1. The first-order valence-corrected chi connectivity index (χ1v) is 5.21. The van der Waals surface area contributed by atoms with Gasteiger partial charge in [0.05, 0.1) is 5.69 Å². The number of halogens is 1. The van der Waals surface area contributed by atoms with Crippen molar-refractivity contribution in [1.29, 1.82) is 0 Å². The molecule has 0 saturated carbocycles. The van der Waals surface area contributed by atoms with Gasteiger partial charge in [0.1, 0.15) is 18.9 Å². The van der Waals surface area contributed by atoms with Gasteiger partial charge in [0.25, 0.3) is 0 Å². The molecule has 1 rings (SSSR count). The fourth-order valence-corrected chi connectivity index (χ4v) is 1.48. The van der Waals surface area contributed by atoms with E-state index in [0.29, 0.717) is 16.5 Å². The highest BCUT2D eigenvalue weighted by Crippen LogP contribution is 2.30. The van der Waals surface area contributed by atoms with Gasteiger partial charge in [-0.2, -0.15) is 0 Å². The number of terminal acetylenes is 1. The van der Waals surface area contributed by atoms with Gasteiger partial charge in [-0.3, -0.25) is 4.79 Å². The van der Waals surface area contributed by atoms with E-state index in [1.54, 1.807) is 25.2 Å². The molecule has 0 saturated heterocycles. The van der Waals surface area contributed by atoms with Gasteiger partial charge in [-0.25, -0.2) is 0 Å². The molecule has 0 unspecified atom stereocenters. The Labute approximate surface area is 105 Å². The third-order valence-corrected chi connectivity index (χ3v) is 2.25. The van der Waals surface area contributed by atoms with E-state index in [1.807, 2.05) is 0 Å². The van der Waals surface area contributed by atoms with Crippen molar-refractivity contribution in [2.75, 3.05) is 25.1 Å². The Kier molecular flexibility index (Phi) is 4.68. The van der Waals surface area contributed by atoms with Crippen LogP contribution >= 0.6 is 11.6 Å². The maximum atomic E-state index is 10.6. The minimum absolute atomic E-state index is 0.121. The van der Waals surface area contributed by atoms with E-state index in [2.05, 4.69) is 5.92 Å². The van der Waals surface area contributed by atoms with Gasteiger partial charge in [0.2, 0.25) is 0 Å². The normalized spacial score (nSPS) is 9.47. The molecular formula is C12H12ClNO3. The molecule has 1 N–H and O–H groups in total. The Bertz CT molecular complexity index is 454. The third-order valence-electron chi connectivity index (χ3n) is 2.02. The number of anilines is 1. The van der Waals surface area contributed by atoms with Crippen LogP contribution in [0, 0.1) is 12.3 Å². The molecule has 0 aliphatic heterocycles. The highest BCUT2D eigenvalue weighted by atomic mass is 35.5. The molecule has 0 amide bonds. The minimum atomic E-state index is -0.935. The molecule has 0 atom stereocenters. The predicted octanol–water partition coefficient (Wildman–Crippen LogP) is 1.87. The zero-order chi connectivity index (χ0) is 12.8. The first-order chi connectivity index (χ1) is 8.04. The Hall–Kier alpha value is -1.86. The number of hydrogen-bond donors (Lipinski definition) is 1. The number of ether oxygens (including phenoxy) is 1. The van der Waals surface area contributed by atoms with Crippen LogP contribution in [0.4, 0.5) is 5.69 Å². The Morgan fingerprint density at radius 3 is 2.94 bits per heavy atom. The van der Waals surface area contributed by atoms with Crippen molar-refractivity contribution < 1.29 is 14.6 Å². The van der Waals surface area contributed by atoms with Gasteiger partial charge in [-0.05, 0) is 18.2 Å². The standard InChI is InChI=1S/C12H12ClNO3/c1-3-6-17-11-5-4-9(13)7-10(11)14(2)8-12(15)16/h1,4-5,7H,6,8H2,2H3,(H,15,16). The number of rotatable bonds is 5. The van der Waals surface area contributed by atoms with Crippen molar-refractivity contribution in [1.82, 2.24) is 0 Å². The summed E-state index contributed by atoms with van der Waals surface area (Å²) in [6.07, 6.45) is 5.10. The monoisotopic (exact) mass is 253 g/mol. The van der Waals surface area contributed by atoms with E-state index in [-0.39, 0.29) is 13.2 Å². The lowest BCUT2D eigenvalue weighted by molar-refractivity contribution is -0.135. The van der Waals surface area contributed by atoms with Gasteiger partial charge in [0.15, 0.2) is 0 Å². The second-order valence-electron chi connectivity index (χ2n) is 3.35. The van der Waals surface area contributed by atoms with Crippen LogP contribution in [0.5, 0.6) is 5.75 Å². The zero-order valence-electron chi connectivity index (χ0n) is 9.31. The number of benzene rings is 1. The summed E-state index contributed by atoms with van der Waals surface area (Å²) in [4.78, 5) is 12.2. The molecule has 0 aliphatic rings. The number of carbonyl (C=O) groups is 1. The van der Waals surface area contributed by atoms with Crippen LogP contribution < -0.4 is 9.64 Å². The second kappa shape index (κ2) is 6.02. The molecule has 90 valence electrons. The van der Waals surface area contributed by atoms with E-state index in [9.17, 15) is 4.79 Å². The topological polar surface area (TPSA) is 49.8 Å². The molecule has 0 spiro atoms. The number of nitrogens with zero attached hydrogens (tertiary/aromatic N) is 1. The largest absolute Gasteiger partial charge is 0.480 e. The van der Waals surface area contributed by atoms with Crippen LogP contribution in [0.3, 0.4) is 0 Å². The molecule has 0 heterocycles. The summed E-state index contributed by atoms with van der Waals surface area (Å²) in [5.41, 5.74) is 0.593. The van der Waals surface area contributed by atoms with Crippen LogP contribution in [0.25, 0.3) is 0 Å². The van der Waals surface area contributed by atoms with Crippen molar-refractivity contribution in [2.45, 2.75) is 0 Å². The first kappa shape index (κ1) is 13.2. The molecule has 5 heteroatoms. The molecule has 0 fully saturated rings. The van der Waals surface area contributed by atoms with E-state index in [0.717, 1.165) is 0 Å². The van der Waals surface area contributed by atoms with Crippen molar-refractivity contribution in [3.63, 3.8) is 0 Å². The number of aliphatic carboxylic acids is 1. The Morgan fingerprint density at radius 2 is 2.35 bits per heavy atom. The summed E-state index contributed by atoms with van der Waals surface area (Å²) in [5, 5.41) is 9.24. The molecule has 1 aromatic rings.